The number of rotatable bonds is 4. The summed E-state index contributed by atoms with van der Waals surface area (Å²) in [6.45, 7) is 4.42. The molecule has 0 amide bonds. The molecule has 0 unspecified atom stereocenters. The van der Waals surface area contributed by atoms with Gasteiger partial charge in [0, 0.05) is 56.8 Å². The van der Waals surface area contributed by atoms with Gasteiger partial charge in [-0.2, -0.15) is 0 Å². The second kappa shape index (κ2) is 13.8. The molecule has 1 aliphatic carbocycles. The zero-order chi connectivity index (χ0) is 27.6. The second-order valence-electron chi connectivity index (χ2n) is 10.5. The molecule has 1 aromatic heterocycles. The highest BCUT2D eigenvalue weighted by molar-refractivity contribution is 7.99. The SMILES string of the molecule is Cc1cc(C#Cc2ccc(SCCc3ccncc3)cc2)ccc1C#Cc1ccc(C#C[C@H]2CC[C@@H](C)C2)cc1. The minimum absolute atomic E-state index is 0.559. The Balaban J connectivity index is 1.15. The van der Waals surface area contributed by atoms with Crippen LogP contribution >= 0.6 is 11.8 Å². The maximum absolute atomic E-state index is 4.08. The Hall–Kier alpha value is -4.16. The lowest BCUT2D eigenvalue weighted by Gasteiger charge is -2.02. The summed E-state index contributed by atoms with van der Waals surface area (Å²) in [5.74, 6) is 22.4. The van der Waals surface area contributed by atoms with E-state index in [9.17, 15) is 0 Å². The number of aryl methyl sites for hydroxylation is 2. The zero-order valence-electron chi connectivity index (χ0n) is 23.2. The van der Waals surface area contributed by atoms with Gasteiger partial charge in [0.15, 0.2) is 0 Å². The van der Waals surface area contributed by atoms with Crippen LogP contribution in [0.4, 0.5) is 0 Å². The summed E-state index contributed by atoms with van der Waals surface area (Å²) in [6, 6.07) is 27.2. The van der Waals surface area contributed by atoms with Crippen LogP contribution in [0.15, 0.2) is 96.2 Å². The first-order valence-corrected chi connectivity index (χ1v) is 15.0. The summed E-state index contributed by atoms with van der Waals surface area (Å²) in [7, 11) is 0. The summed E-state index contributed by atoms with van der Waals surface area (Å²) in [4.78, 5) is 5.34. The fourth-order valence-electron chi connectivity index (χ4n) is 4.80. The quantitative estimate of drug-likeness (QED) is 0.193. The molecule has 0 spiro atoms. The van der Waals surface area contributed by atoms with Gasteiger partial charge < -0.3 is 0 Å². The van der Waals surface area contributed by atoms with Crippen molar-refractivity contribution in [3.8, 4) is 35.5 Å². The normalized spacial score (nSPS) is 15.7. The van der Waals surface area contributed by atoms with E-state index in [1.165, 1.54) is 29.7 Å². The first-order chi connectivity index (χ1) is 19.6. The molecule has 0 saturated heterocycles. The summed E-state index contributed by atoms with van der Waals surface area (Å²) < 4.78 is 0. The molecule has 2 atom stereocenters. The topological polar surface area (TPSA) is 12.9 Å². The van der Waals surface area contributed by atoms with Gasteiger partial charge in [-0.15, -0.1) is 11.8 Å². The zero-order valence-corrected chi connectivity index (χ0v) is 24.0. The minimum atomic E-state index is 0.559. The van der Waals surface area contributed by atoms with Crippen molar-refractivity contribution in [2.45, 2.75) is 44.4 Å². The number of aromatic nitrogens is 1. The number of thioether (sulfide) groups is 1. The highest BCUT2D eigenvalue weighted by Gasteiger charge is 2.18. The van der Waals surface area contributed by atoms with Crippen LogP contribution in [0.5, 0.6) is 0 Å². The van der Waals surface area contributed by atoms with Crippen molar-refractivity contribution < 1.29 is 0 Å². The predicted octanol–water partition coefficient (Wildman–Crippen LogP) is 8.31. The lowest BCUT2D eigenvalue weighted by molar-refractivity contribution is 0.592. The van der Waals surface area contributed by atoms with Crippen LogP contribution in [0, 0.1) is 54.3 Å². The van der Waals surface area contributed by atoms with Crippen LogP contribution in [0.3, 0.4) is 0 Å². The summed E-state index contributed by atoms with van der Waals surface area (Å²) in [5.41, 5.74) is 7.57. The van der Waals surface area contributed by atoms with Crippen molar-refractivity contribution in [2.75, 3.05) is 5.75 Å². The van der Waals surface area contributed by atoms with Gasteiger partial charge in [0.05, 0.1) is 0 Å². The van der Waals surface area contributed by atoms with E-state index in [0.29, 0.717) is 5.92 Å². The summed E-state index contributed by atoms with van der Waals surface area (Å²) >= 11 is 1.86. The molecule has 0 radical (unpaired) electrons. The van der Waals surface area contributed by atoms with Crippen LogP contribution < -0.4 is 0 Å². The first kappa shape index (κ1) is 27.4. The van der Waals surface area contributed by atoms with E-state index < -0.39 is 0 Å². The van der Waals surface area contributed by atoms with Gasteiger partial charge in [-0.25, -0.2) is 0 Å². The van der Waals surface area contributed by atoms with Crippen LogP contribution in [-0.2, 0) is 6.42 Å². The third-order valence-corrected chi connectivity index (χ3v) is 8.20. The van der Waals surface area contributed by atoms with E-state index in [4.69, 9.17) is 0 Å². The van der Waals surface area contributed by atoms with Crippen molar-refractivity contribution in [1.29, 1.82) is 0 Å². The Labute approximate surface area is 243 Å². The molecule has 196 valence electrons. The van der Waals surface area contributed by atoms with E-state index in [0.717, 1.165) is 51.5 Å². The Morgan fingerprint density at radius 3 is 2.02 bits per heavy atom. The molecular weight excluding hydrogens is 502 g/mol. The molecule has 1 aliphatic rings. The Bertz CT molecular complexity index is 1620. The minimum Gasteiger partial charge on any atom is -0.265 e. The third kappa shape index (κ3) is 8.17. The van der Waals surface area contributed by atoms with Gasteiger partial charge in [-0.3, -0.25) is 4.98 Å². The largest absolute Gasteiger partial charge is 0.265 e. The van der Waals surface area contributed by atoms with Crippen LogP contribution in [-0.4, -0.2) is 10.7 Å². The molecule has 4 aromatic rings. The van der Waals surface area contributed by atoms with E-state index >= 15 is 0 Å². The van der Waals surface area contributed by atoms with Gasteiger partial charge in [-0.05, 0) is 129 Å². The number of hydrogen-bond donors (Lipinski definition) is 0. The highest BCUT2D eigenvalue weighted by Crippen LogP contribution is 2.29. The van der Waals surface area contributed by atoms with Gasteiger partial charge in [0.2, 0.25) is 0 Å². The van der Waals surface area contributed by atoms with Gasteiger partial charge in [-0.1, -0.05) is 42.4 Å². The van der Waals surface area contributed by atoms with E-state index in [1.807, 2.05) is 24.2 Å². The van der Waals surface area contributed by atoms with Crippen molar-refractivity contribution >= 4 is 11.8 Å². The standard InChI is InChI=1S/C38H33NS/c1-29-3-4-35(27-29)11-9-31-5-7-32(8-6-31)13-17-37-18-14-36(28-30(37)2)12-10-33-15-19-38(20-16-33)40-26-23-34-21-24-39-25-22-34/h5-8,14-16,18-22,24-25,28-29,35H,3-4,23,26-27H2,1-2H3/t29-,35-/m1/s1. The molecule has 1 heterocycles. The predicted molar refractivity (Wildman–Crippen MR) is 168 cm³/mol. The lowest BCUT2D eigenvalue weighted by atomic mass is 10.0. The average Bonchev–Trinajstić information content (AvgIpc) is 3.41. The molecule has 0 bridgehead atoms. The lowest BCUT2D eigenvalue weighted by Crippen LogP contribution is -1.89. The molecule has 1 fully saturated rings. The van der Waals surface area contributed by atoms with Crippen LogP contribution in [0.25, 0.3) is 0 Å². The number of benzene rings is 3. The fourth-order valence-corrected chi connectivity index (χ4v) is 5.70. The van der Waals surface area contributed by atoms with E-state index in [1.54, 1.807) is 0 Å². The molecule has 1 nitrogen and oxygen atoms in total. The molecule has 2 heteroatoms. The van der Waals surface area contributed by atoms with Gasteiger partial charge in [0.25, 0.3) is 0 Å². The van der Waals surface area contributed by atoms with Gasteiger partial charge >= 0.3 is 0 Å². The number of pyridine rings is 1. The molecule has 5 rings (SSSR count). The van der Waals surface area contributed by atoms with Crippen LogP contribution in [0.1, 0.15) is 65.1 Å². The Morgan fingerprint density at radius 2 is 1.35 bits per heavy atom. The maximum Gasteiger partial charge on any atom is 0.0279 e. The first-order valence-electron chi connectivity index (χ1n) is 14.0. The van der Waals surface area contributed by atoms with Crippen molar-refractivity contribution in [2.24, 2.45) is 11.8 Å². The highest BCUT2D eigenvalue weighted by atomic mass is 32.2. The number of hydrogen-bond acceptors (Lipinski definition) is 2. The second-order valence-corrected chi connectivity index (χ2v) is 11.6. The van der Waals surface area contributed by atoms with Crippen molar-refractivity contribution in [3.05, 3.63) is 130 Å². The summed E-state index contributed by atoms with van der Waals surface area (Å²) in [5, 5.41) is 0. The molecule has 1 saturated carbocycles. The van der Waals surface area contributed by atoms with E-state index in [2.05, 4.69) is 133 Å². The fraction of sp³-hybridized carbons (Fsp3) is 0.237. The molecular formula is C38H33NS. The van der Waals surface area contributed by atoms with E-state index in [-0.39, 0.29) is 0 Å². The third-order valence-electron chi connectivity index (χ3n) is 7.18. The summed E-state index contributed by atoms with van der Waals surface area (Å²) in [6.07, 6.45) is 8.52. The van der Waals surface area contributed by atoms with Crippen molar-refractivity contribution in [1.82, 2.24) is 4.98 Å². The Morgan fingerprint density at radius 1 is 0.725 bits per heavy atom. The monoisotopic (exact) mass is 535 g/mol. The Kier molecular flexibility index (Phi) is 9.43. The molecule has 3 aromatic carbocycles. The molecule has 40 heavy (non-hydrogen) atoms. The van der Waals surface area contributed by atoms with Gasteiger partial charge in [0.1, 0.15) is 0 Å². The molecule has 0 N–H and O–H groups in total. The smallest absolute Gasteiger partial charge is 0.0279 e. The maximum atomic E-state index is 4.08. The number of nitrogens with zero attached hydrogens (tertiary/aromatic N) is 1. The average molecular weight is 536 g/mol. The molecule has 0 aliphatic heterocycles. The van der Waals surface area contributed by atoms with Crippen molar-refractivity contribution in [3.63, 3.8) is 0 Å². The van der Waals surface area contributed by atoms with Crippen LogP contribution in [0.2, 0.25) is 0 Å².